The average molecular weight is 675 g/mol. The normalized spacial score (nSPS) is 19.2. The van der Waals surface area contributed by atoms with Crippen LogP contribution in [0.2, 0.25) is 10.2 Å². The van der Waals surface area contributed by atoms with Gasteiger partial charge in [-0.2, -0.15) is 17.8 Å². The molecule has 3 aromatic rings. The Kier molecular flexibility index (Phi) is 9.08. The number of carbonyl (C=O) groups is 2. The van der Waals surface area contributed by atoms with Crippen LogP contribution >= 0.6 is 35.0 Å². The van der Waals surface area contributed by atoms with Crippen LogP contribution in [0, 0.1) is 0 Å². The summed E-state index contributed by atoms with van der Waals surface area (Å²) in [7, 11) is -4.02. The number of fused-ring (bicyclic) bond motifs is 1. The first-order valence-electron chi connectivity index (χ1n) is 13.3. The van der Waals surface area contributed by atoms with Crippen LogP contribution in [0.5, 0.6) is 0 Å². The Morgan fingerprint density at radius 1 is 1.21 bits per heavy atom. The lowest BCUT2D eigenvalue weighted by Gasteiger charge is -2.20. The second-order valence-electron chi connectivity index (χ2n) is 10.1. The van der Waals surface area contributed by atoms with Gasteiger partial charge in [-0.25, -0.2) is 13.5 Å². The quantitative estimate of drug-likeness (QED) is 0.321. The highest BCUT2D eigenvalue weighted by molar-refractivity contribution is 8.17. The van der Waals surface area contributed by atoms with E-state index in [1.54, 1.807) is 24.3 Å². The molecule has 2 saturated heterocycles. The molecule has 5 rings (SSSR count). The van der Waals surface area contributed by atoms with Crippen LogP contribution in [0.1, 0.15) is 42.9 Å². The topological polar surface area (TPSA) is 125 Å². The zero-order valence-electron chi connectivity index (χ0n) is 22.8. The van der Waals surface area contributed by atoms with Gasteiger partial charge in [-0.1, -0.05) is 42.3 Å². The first kappa shape index (κ1) is 31.7. The number of alkyl halides is 2. The van der Waals surface area contributed by atoms with Crippen molar-refractivity contribution in [2.45, 2.75) is 44.9 Å². The van der Waals surface area contributed by atoms with E-state index in [-0.39, 0.29) is 27.2 Å². The predicted molar refractivity (Wildman–Crippen MR) is 161 cm³/mol. The molecule has 0 radical (unpaired) electrons. The molecule has 1 aromatic heterocycles. The molecule has 1 atom stereocenters. The summed E-state index contributed by atoms with van der Waals surface area (Å²) in [6.45, 7) is 1.36. The molecular formula is C27H27Cl2F2N5O5S2. The van der Waals surface area contributed by atoms with Gasteiger partial charge in [0.25, 0.3) is 17.1 Å². The summed E-state index contributed by atoms with van der Waals surface area (Å²) in [4.78, 5) is 26.1. The van der Waals surface area contributed by atoms with Crippen molar-refractivity contribution >= 4 is 73.3 Å². The number of hydrogen-bond acceptors (Lipinski definition) is 7. The van der Waals surface area contributed by atoms with E-state index in [1.165, 1.54) is 29.8 Å². The molecule has 0 saturated carbocycles. The summed E-state index contributed by atoms with van der Waals surface area (Å²) >= 11 is 13.1. The molecule has 0 aliphatic carbocycles. The Hall–Kier alpha value is -2.75. The van der Waals surface area contributed by atoms with E-state index >= 15 is 0 Å². The molecule has 2 aliphatic rings. The lowest BCUT2D eigenvalue weighted by molar-refractivity contribution is -0.121. The summed E-state index contributed by atoms with van der Waals surface area (Å²) in [5.74, 6) is -4.03. The van der Waals surface area contributed by atoms with Crippen LogP contribution in [0.25, 0.3) is 17.0 Å². The van der Waals surface area contributed by atoms with Gasteiger partial charge in [0, 0.05) is 40.4 Å². The number of nitrogens with zero attached hydrogens (tertiary/aromatic N) is 4. The molecule has 0 bridgehead atoms. The Bertz CT molecular complexity index is 1730. The fraction of sp³-hybridized carbons (Fsp3) is 0.370. The monoisotopic (exact) mass is 673 g/mol. The van der Waals surface area contributed by atoms with Gasteiger partial charge >= 0.3 is 10.2 Å². The number of benzene rings is 2. The van der Waals surface area contributed by atoms with Crippen LogP contribution in [0.15, 0.2) is 41.3 Å². The Morgan fingerprint density at radius 3 is 2.63 bits per heavy atom. The molecule has 16 heteroatoms. The number of amides is 2. The lowest BCUT2D eigenvalue weighted by atomic mass is 9.99. The Balaban J connectivity index is 1.34. The van der Waals surface area contributed by atoms with Crippen LogP contribution < -0.4 is 4.72 Å². The van der Waals surface area contributed by atoms with Crippen LogP contribution in [0.4, 0.5) is 13.6 Å². The van der Waals surface area contributed by atoms with Crippen LogP contribution in [-0.4, -0.2) is 69.5 Å². The van der Waals surface area contributed by atoms with Crippen molar-refractivity contribution in [3.05, 3.63) is 68.2 Å². The van der Waals surface area contributed by atoms with Gasteiger partial charge < -0.3 is 5.11 Å². The number of aliphatic hydroxyl groups is 1. The van der Waals surface area contributed by atoms with Crippen LogP contribution in [-0.2, 0) is 27.5 Å². The molecule has 230 valence electrons. The average Bonchev–Trinajstić information content (AvgIpc) is 3.66. The van der Waals surface area contributed by atoms with E-state index in [2.05, 4.69) is 5.10 Å². The maximum Gasteiger partial charge on any atom is 0.303 e. The minimum atomic E-state index is -4.02. The molecule has 1 unspecified atom stereocenters. The fourth-order valence-corrected chi connectivity index (χ4v) is 7.50. The lowest BCUT2D eigenvalue weighted by Crippen LogP contribution is -2.47. The van der Waals surface area contributed by atoms with E-state index in [9.17, 15) is 31.9 Å². The SMILES string of the molecule is CCC(F)(F)c1cc(Cl)ccc1Cn1nc(Cl)c2cc(C=C3SC(=O)N(CC(=O)NS(=O)(=O)N4CCCC4)C3O)ccc21. The van der Waals surface area contributed by atoms with E-state index in [4.69, 9.17) is 23.2 Å². The van der Waals surface area contributed by atoms with E-state index in [1.807, 2.05) is 4.72 Å². The number of aliphatic hydroxyl groups excluding tert-OH is 1. The number of rotatable bonds is 9. The number of halogens is 4. The molecule has 2 fully saturated rings. The Morgan fingerprint density at radius 2 is 1.93 bits per heavy atom. The van der Waals surface area contributed by atoms with Gasteiger partial charge in [0.15, 0.2) is 11.4 Å². The number of nitrogens with one attached hydrogen (secondary N) is 1. The van der Waals surface area contributed by atoms with Gasteiger partial charge in [0.2, 0.25) is 0 Å². The minimum absolute atomic E-state index is 0.0132. The third-order valence-electron chi connectivity index (χ3n) is 7.22. The van der Waals surface area contributed by atoms with Crippen LogP contribution in [0.3, 0.4) is 0 Å². The third-order valence-corrected chi connectivity index (χ3v) is 10.2. The van der Waals surface area contributed by atoms with Crippen molar-refractivity contribution in [1.29, 1.82) is 0 Å². The first-order valence-corrected chi connectivity index (χ1v) is 16.3. The van der Waals surface area contributed by atoms with Crippen molar-refractivity contribution in [3.8, 4) is 0 Å². The second kappa shape index (κ2) is 12.3. The van der Waals surface area contributed by atoms with E-state index < -0.39 is 46.5 Å². The summed E-state index contributed by atoms with van der Waals surface area (Å²) in [6.07, 6.45) is 1.06. The van der Waals surface area contributed by atoms with E-state index in [0.717, 1.165) is 9.21 Å². The summed E-state index contributed by atoms with van der Waals surface area (Å²) in [5.41, 5.74) is 1.27. The molecule has 10 nitrogen and oxygen atoms in total. The van der Waals surface area contributed by atoms with Crippen molar-refractivity contribution in [2.75, 3.05) is 19.6 Å². The molecule has 2 N–H and O–H groups in total. The summed E-state index contributed by atoms with van der Waals surface area (Å²) in [6, 6.07) is 9.37. The zero-order valence-corrected chi connectivity index (χ0v) is 25.9. The largest absolute Gasteiger partial charge is 0.369 e. The number of aromatic nitrogens is 2. The van der Waals surface area contributed by atoms with Gasteiger partial charge in [-0.3, -0.25) is 19.2 Å². The fourth-order valence-electron chi connectivity index (χ4n) is 4.96. The smallest absolute Gasteiger partial charge is 0.303 e. The highest BCUT2D eigenvalue weighted by atomic mass is 35.5. The number of hydrogen-bond donors (Lipinski definition) is 2. The van der Waals surface area contributed by atoms with Crippen molar-refractivity contribution in [2.24, 2.45) is 0 Å². The summed E-state index contributed by atoms with van der Waals surface area (Å²) < 4.78 is 58.7. The predicted octanol–water partition coefficient (Wildman–Crippen LogP) is 5.18. The second-order valence-corrected chi connectivity index (χ2v) is 13.6. The standard InChI is InChI=1S/C27H27Cl2F2N5O5S2/c1-2-27(30,31)20-13-18(28)7-6-17(20)14-36-21-8-5-16(11-19(21)24(29)32-36)12-22-25(38)35(26(39)42-22)15-23(37)33-43(40,41)34-9-3-4-10-34/h5-8,11-13,25,38H,2-4,9-10,14-15H2,1H3,(H,33,37). The zero-order chi connectivity index (χ0) is 31.1. The van der Waals surface area contributed by atoms with Gasteiger partial charge in [-0.05, 0) is 66.1 Å². The molecule has 0 spiro atoms. The molecule has 2 aliphatic heterocycles. The molecule has 43 heavy (non-hydrogen) atoms. The van der Waals surface area contributed by atoms with Crippen molar-refractivity contribution in [1.82, 2.24) is 23.7 Å². The summed E-state index contributed by atoms with van der Waals surface area (Å²) in [5, 5.41) is 15.3. The molecule has 3 heterocycles. The minimum Gasteiger partial charge on any atom is -0.369 e. The highest BCUT2D eigenvalue weighted by Crippen LogP contribution is 2.38. The first-order chi connectivity index (χ1) is 20.3. The van der Waals surface area contributed by atoms with Crippen molar-refractivity contribution in [3.63, 3.8) is 0 Å². The van der Waals surface area contributed by atoms with Gasteiger partial charge in [0.1, 0.15) is 6.54 Å². The van der Waals surface area contributed by atoms with Crippen molar-refractivity contribution < 1.29 is 31.9 Å². The molecule has 2 amide bonds. The molecule has 2 aromatic carbocycles. The highest BCUT2D eigenvalue weighted by Gasteiger charge is 2.37. The molecular weight excluding hydrogens is 647 g/mol. The third kappa shape index (κ3) is 6.69. The van der Waals surface area contributed by atoms with Gasteiger partial charge in [-0.15, -0.1) is 0 Å². The Labute approximate surface area is 260 Å². The van der Waals surface area contributed by atoms with Gasteiger partial charge in [0.05, 0.1) is 12.1 Å². The maximum absolute atomic E-state index is 14.7. The maximum atomic E-state index is 14.7. The number of carbonyl (C=O) groups excluding carboxylic acids is 2. The number of thioether (sulfide) groups is 1. The van der Waals surface area contributed by atoms with E-state index in [0.29, 0.717) is 59.7 Å².